The van der Waals surface area contributed by atoms with Gasteiger partial charge in [-0.2, -0.15) is 0 Å². The lowest BCUT2D eigenvalue weighted by atomic mass is 10.1. The standard InChI is InChI=1S/C26H28N6O3.C24H26N6O4.C24H24N6O4.5H2/c1-15-24(26-31-30-25(35-26)20-9-5-17(12-27-3)11-22(20)34-4)29-21(13-28-15)19-8-10-23(33)32(14-19)16(2)18-6-7-18;1-14(13-31)30-12-17(6-8-21(30)32)19-11-26-15(2)22(27-19)24-29-28-23(34-24)18-7-5-16(10-25-3)9-20(18)33-4;1-13-9-16(10-25-4)5-7-18(13)22-28-29-23(34-22)21-14(2)26-11-19(27-21)17-6-8-20(31)30(12-17)15(3)24(32)33;;;;;/h5,8-11,13-14,16,18,27H,6-7,12H2,1-4H3;5-9,11-12,14,25,31H,10,13H2,1-4H3;5-9,11-12,15,25H,10H2,1-4H3,(H,32,33);5*1H. The van der Waals surface area contributed by atoms with Crippen molar-refractivity contribution in [1.29, 1.82) is 0 Å². The van der Waals surface area contributed by atoms with E-state index in [-0.39, 0.29) is 54.6 Å². The van der Waals surface area contributed by atoms with E-state index < -0.39 is 17.6 Å². The highest BCUT2D eigenvalue weighted by Gasteiger charge is 2.30. The van der Waals surface area contributed by atoms with Crippen LogP contribution in [0.4, 0.5) is 0 Å². The van der Waals surface area contributed by atoms with Crippen molar-refractivity contribution >= 4 is 5.97 Å². The van der Waals surface area contributed by atoms with Gasteiger partial charge in [0.2, 0.25) is 5.89 Å². The largest absolute Gasteiger partial charge is 0.496 e. The smallest absolute Gasteiger partial charge is 0.326 e. The summed E-state index contributed by atoms with van der Waals surface area (Å²) < 4.78 is 33.4. The van der Waals surface area contributed by atoms with Crippen molar-refractivity contribution in [3.05, 3.63) is 199 Å². The van der Waals surface area contributed by atoms with Gasteiger partial charge in [-0.1, -0.05) is 24.3 Å². The fourth-order valence-electron chi connectivity index (χ4n) is 11.3. The zero-order valence-electron chi connectivity index (χ0n) is 59.0. The van der Waals surface area contributed by atoms with E-state index in [9.17, 15) is 29.4 Å². The van der Waals surface area contributed by atoms with Crippen LogP contribution in [0.1, 0.15) is 98.2 Å². The molecule has 1 aliphatic rings. The van der Waals surface area contributed by atoms with Crippen molar-refractivity contribution in [3.63, 3.8) is 0 Å². The highest BCUT2D eigenvalue weighted by Crippen LogP contribution is 2.40. The van der Waals surface area contributed by atoms with Crippen LogP contribution in [-0.2, 0) is 24.4 Å². The lowest BCUT2D eigenvalue weighted by Crippen LogP contribution is -2.27. The van der Waals surface area contributed by atoms with Gasteiger partial charge in [0.05, 0.1) is 90.7 Å². The molecule has 5 N–H and O–H groups in total. The Labute approximate surface area is 598 Å². The van der Waals surface area contributed by atoms with Crippen molar-refractivity contribution < 1.29 is 44.9 Å². The number of aliphatic hydroxyl groups is 1. The number of aliphatic carboxylic acids is 1. The third kappa shape index (κ3) is 16.5. The van der Waals surface area contributed by atoms with E-state index in [0.29, 0.717) is 115 Å². The first-order valence-electron chi connectivity index (χ1n) is 33.1. The number of hydrogen-bond acceptors (Lipinski definition) is 25. The topological polar surface area (TPSA) is 372 Å². The maximum atomic E-state index is 12.4. The summed E-state index contributed by atoms with van der Waals surface area (Å²) in [5.41, 5.74) is 12.7. The molecule has 0 aliphatic heterocycles. The lowest BCUT2D eigenvalue weighted by molar-refractivity contribution is -0.140. The zero-order chi connectivity index (χ0) is 73.2. The second kappa shape index (κ2) is 32.2. The van der Waals surface area contributed by atoms with Crippen LogP contribution in [0.25, 0.3) is 103 Å². The molecular weight excluding hydrogens is 1320 g/mol. The monoisotopic (exact) mass is 1400 g/mol. The van der Waals surface area contributed by atoms with Gasteiger partial charge in [0, 0.05) is 91.9 Å². The molecule has 3 aromatic carbocycles. The molecule has 9 aromatic heterocycles. The summed E-state index contributed by atoms with van der Waals surface area (Å²) in [4.78, 5) is 75.5. The van der Waals surface area contributed by atoms with E-state index in [1.807, 2.05) is 89.7 Å². The normalized spacial score (nSPS) is 12.7. The van der Waals surface area contributed by atoms with Crippen LogP contribution in [0.2, 0.25) is 0 Å². The van der Waals surface area contributed by atoms with Crippen molar-refractivity contribution in [2.45, 2.75) is 99.1 Å². The fraction of sp³-hybridized carbons (Fsp3) is 0.297. The summed E-state index contributed by atoms with van der Waals surface area (Å²) in [6.45, 7) is 14.7. The number of rotatable bonds is 23. The first-order valence-corrected chi connectivity index (χ1v) is 33.1. The van der Waals surface area contributed by atoms with E-state index in [4.69, 9.17) is 27.7 Å². The summed E-state index contributed by atoms with van der Waals surface area (Å²) >= 11 is 0. The van der Waals surface area contributed by atoms with Crippen LogP contribution >= 0.6 is 0 Å². The average molecular weight is 1410 g/mol. The Morgan fingerprint density at radius 3 is 1.25 bits per heavy atom. The summed E-state index contributed by atoms with van der Waals surface area (Å²) in [5.74, 6) is 2.45. The van der Waals surface area contributed by atoms with Gasteiger partial charge in [-0.3, -0.25) is 29.3 Å². The van der Waals surface area contributed by atoms with Gasteiger partial charge < -0.3 is 62.6 Å². The van der Waals surface area contributed by atoms with E-state index in [0.717, 1.165) is 63.9 Å². The van der Waals surface area contributed by atoms with Crippen molar-refractivity contribution in [3.8, 4) is 114 Å². The molecule has 29 nitrogen and oxygen atoms in total. The molecule has 0 spiro atoms. The molecule has 1 fully saturated rings. The molecule has 0 bridgehead atoms. The number of carboxylic acids is 1. The molecule has 0 saturated heterocycles. The van der Waals surface area contributed by atoms with Crippen LogP contribution in [0.15, 0.2) is 156 Å². The van der Waals surface area contributed by atoms with E-state index in [2.05, 4.69) is 84.5 Å². The molecule has 29 heteroatoms. The number of carboxylic acid groups (broad SMARTS) is 1. The van der Waals surface area contributed by atoms with Crippen LogP contribution in [-0.4, -0.2) is 132 Å². The average Bonchev–Trinajstić information content (AvgIpc) is 1.43. The SMILES string of the molecule is CNCc1ccc(-c2nnc(-c3nc(-c4ccc(=O)n(C(C)C(=O)O)c4)cnc3C)o2)c(C)c1.CNCc1ccc(-c2nnc(-c3nc(-c4ccc(=O)n(C(C)C5CC5)c4)cnc3C)o2)c(OC)c1.CNCc1ccc(-c2nnc(-c3nc(-c4ccc(=O)n(C(C)CO)c4)cnc3C)o2)c(OC)c1.[HH].[HH].[HH].[HH].[HH]. The van der Waals surface area contributed by atoms with Crippen LogP contribution in [0.5, 0.6) is 11.5 Å². The van der Waals surface area contributed by atoms with E-state index in [1.54, 1.807) is 88.6 Å². The molecule has 1 saturated carbocycles. The Kier molecular flexibility index (Phi) is 22.6. The molecule has 13 rings (SSSR count). The molecule has 540 valence electrons. The fourth-order valence-corrected chi connectivity index (χ4v) is 11.3. The number of nitrogens with one attached hydrogen (secondary N) is 3. The first-order chi connectivity index (χ1) is 49.7. The van der Waals surface area contributed by atoms with Crippen molar-refractivity contribution in [1.82, 2.24) is 90.1 Å². The minimum atomic E-state index is -1.11. The van der Waals surface area contributed by atoms with Gasteiger partial charge in [-0.15, -0.1) is 30.6 Å². The van der Waals surface area contributed by atoms with Gasteiger partial charge in [0.15, 0.2) is 0 Å². The highest BCUT2D eigenvalue weighted by molar-refractivity contribution is 5.72. The number of hydrogen-bond donors (Lipinski definition) is 5. The van der Waals surface area contributed by atoms with Gasteiger partial charge >= 0.3 is 5.97 Å². The molecule has 103 heavy (non-hydrogen) atoms. The molecule has 1 aliphatic carbocycles. The predicted molar refractivity (Wildman–Crippen MR) is 394 cm³/mol. The van der Waals surface area contributed by atoms with Gasteiger partial charge in [0.1, 0.15) is 34.6 Å². The van der Waals surface area contributed by atoms with Crippen LogP contribution in [0, 0.1) is 33.6 Å². The van der Waals surface area contributed by atoms with E-state index in [1.165, 1.54) is 29.8 Å². The van der Waals surface area contributed by atoms with Crippen molar-refractivity contribution in [2.75, 3.05) is 42.0 Å². The van der Waals surface area contributed by atoms with Crippen LogP contribution < -0.4 is 42.1 Å². The number of carbonyl (C=O) groups is 1. The molecule has 12 aromatic rings. The Morgan fingerprint density at radius 2 is 0.874 bits per heavy atom. The maximum Gasteiger partial charge on any atom is 0.326 e. The Balaban J connectivity index is 0.000000248. The summed E-state index contributed by atoms with van der Waals surface area (Å²) in [6, 6.07) is 25.7. The van der Waals surface area contributed by atoms with Crippen LogP contribution in [0.3, 0.4) is 0 Å². The van der Waals surface area contributed by atoms with Gasteiger partial charge in [0.25, 0.3) is 46.1 Å². The molecule has 3 unspecified atom stereocenters. The van der Waals surface area contributed by atoms with Gasteiger partial charge in [-0.25, -0.2) is 19.7 Å². The highest BCUT2D eigenvalue weighted by atomic mass is 16.5. The molecule has 0 radical (unpaired) electrons. The Morgan fingerprint density at radius 1 is 0.515 bits per heavy atom. The number of nitrogens with zero attached hydrogens (tertiary/aromatic N) is 15. The Hall–Kier alpha value is -11.9. The number of aryl methyl sites for hydroxylation is 4. The molecule has 0 amide bonds. The lowest BCUT2D eigenvalue weighted by Gasteiger charge is -2.15. The predicted octanol–water partition coefficient (Wildman–Crippen LogP) is 10.9. The number of methoxy groups -OCH3 is 2. The summed E-state index contributed by atoms with van der Waals surface area (Å²) in [5, 5.41) is 53.3. The first kappa shape index (κ1) is 72.3. The second-order valence-corrected chi connectivity index (χ2v) is 24.7. The zero-order valence-corrected chi connectivity index (χ0v) is 59.0. The quantitative estimate of drug-likeness (QED) is 0.0397. The summed E-state index contributed by atoms with van der Waals surface area (Å²) in [6.07, 6.45) is 12.2. The molecule has 3 atom stereocenters. The summed E-state index contributed by atoms with van der Waals surface area (Å²) in [7, 11) is 8.87. The maximum absolute atomic E-state index is 12.4. The Bertz CT molecular complexity index is 5260. The molecular formula is C74H88N18O11. The number of pyridine rings is 3. The third-order valence-electron chi connectivity index (χ3n) is 17.4. The minimum Gasteiger partial charge on any atom is -0.496 e. The third-order valence-corrected chi connectivity index (χ3v) is 17.4. The van der Waals surface area contributed by atoms with E-state index >= 15 is 0 Å². The molecule has 9 heterocycles. The van der Waals surface area contributed by atoms with Gasteiger partial charge in [-0.05, 0) is 159 Å². The second-order valence-electron chi connectivity index (χ2n) is 24.7. The number of ether oxygens (including phenoxy) is 2. The number of benzene rings is 3. The minimum absolute atomic E-state index is 0. The number of aliphatic hydroxyl groups excluding tert-OH is 1. The number of aromatic nitrogens is 15. The van der Waals surface area contributed by atoms with Crippen molar-refractivity contribution in [2.24, 2.45) is 5.92 Å².